The van der Waals surface area contributed by atoms with Gasteiger partial charge in [-0.1, -0.05) is 33.3 Å². The number of nitrogens with zero attached hydrogens (tertiary/aromatic N) is 3. The van der Waals surface area contributed by atoms with Crippen LogP contribution >= 0.6 is 15.9 Å². The highest BCUT2D eigenvalue weighted by atomic mass is 79.9. The van der Waals surface area contributed by atoms with Crippen LogP contribution in [0.15, 0.2) is 46.9 Å². The van der Waals surface area contributed by atoms with Gasteiger partial charge in [-0.15, -0.1) is 5.10 Å². The molecule has 5 heteroatoms. The topological polar surface area (TPSA) is 39.9 Å². The molecule has 3 aromatic rings. The third kappa shape index (κ3) is 2.46. The first-order valence-corrected chi connectivity index (χ1v) is 6.67. The number of ether oxygens (including phenoxy) is 1. The predicted octanol–water partition coefficient (Wildman–Crippen LogP) is 3.25. The van der Waals surface area contributed by atoms with Gasteiger partial charge >= 0.3 is 0 Å². The molecule has 19 heavy (non-hydrogen) atoms. The van der Waals surface area contributed by atoms with Crippen LogP contribution in [0, 0.1) is 0 Å². The SMILES string of the molecule is COc1ccc(Cn2nnc3cc(Br)ccc32)cc1. The van der Waals surface area contributed by atoms with E-state index in [0.29, 0.717) is 6.54 Å². The van der Waals surface area contributed by atoms with Gasteiger partial charge in [-0.2, -0.15) is 0 Å². The number of hydrogen-bond acceptors (Lipinski definition) is 3. The molecule has 1 aromatic heterocycles. The lowest BCUT2D eigenvalue weighted by Gasteiger charge is -2.04. The highest BCUT2D eigenvalue weighted by molar-refractivity contribution is 9.10. The largest absolute Gasteiger partial charge is 0.497 e. The van der Waals surface area contributed by atoms with E-state index in [1.165, 1.54) is 0 Å². The van der Waals surface area contributed by atoms with Gasteiger partial charge in [0.25, 0.3) is 0 Å². The molecule has 0 amide bonds. The molecule has 0 bridgehead atoms. The Bertz CT molecular complexity index is 706. The second-order valence-corrected chi connectivity index (χ2v) is 5.14. The predicted molar refractivity (Wildman–Crippen MR) is 77.3 cm³/mol. The fourth-order valence-corrected chi connectivity index (χ4v) is 2.31. The number of rotatable bonds is 3. The summed E-state index contributed by atoms with van der Waals surface area (Å²) in [4.78, 5) is 0. The Morgan fingerprint density at radius 3 is 2.68 bits per heavy atom. The number of hydrogen-bond donors (Lipinski definition) is 0. The minimum absolute atomic E-state index is 0.697. The number of benzene rings is 2. The molecule has 0 atom stereocenters. The second kappa shape index (κ2) is 5.01. The van der Waals surface area contributed by atoms with E-state index in [4.69, 9.17) is 4.74 Å². The van der Waals surface area contributed by atoms with Crippen molar-refractivity contribution in [2.45, 2.75) is 6.54 Å². The molecule has 0 radical (unpaired) electrons. The first-order chi connectivity index (χ1) is 9.26. The molecule has 4 nitrogen and oxygen atoms in total. The third-order valence-electron chi connectivity index (χ3n) is 2.97. The van der Waals surface area contributed by atoms with Crippen molar-refractivity contribution in [1.29, 1.82) is 0 Å². The van der Waals surface area contributed by atoms with Crippen LogP contribution < -0.4 is 4.74 Å². The van der Waals surface area contributed by atoms with Crippen LogP contribution in [-0.4, -0.2) is 22.1 Å². The van der Waals surface area contributed by atoms with Crippen molar-refractivity contribution in [1.82, 2.24) is 15.0 Å². The van der Waals surface area contributed by atoms with Gasteiger partial charge in [0, 0.05) is 4.47 Å². The van der Waals surface area contributed by atoms with Gasteiger partial charge < -0.3 is 4.74 Å². The standard InChI is InChI=1S/C14H12BrN3O/c1-19-12-5-2-10(3-6-12)9-18-14-7-4-11(15)8-13(14)16-17-18/h2-8H,9H2,1H3. The zero-order valence-corrected chi connectivity index (χ0v) is 12.0. The first-order valence-electron chi connectivity index (χ1n) is 5.88. The Labute approximate surface area is 119 Å². The molecule has 1 heterocycles. The molecule has 0 unspecified atom stereocenters. The van der Waals surface area contributed by atoms with E-state index in [0.717, 1.165) is 26.8 Å². The van der Waals surface area contributed by atoms with Crippen molar-refractivity contribution in [3.05, 3.63) is 52.5 Å². The molecule has 0 aliphatic rings. The van der Waals surface area contributed by atoms with Gasteiger partial charge in [0.1, 0.15) is 11.3 Å². The molecule has 0 aliphatic heterocycles. The van der Waals surface area contributed by atoms with Gasteiger partial charge in [-0.05, 0) is 35.9 Å². The Kier molecular flexibility index (Phi) is 3.21. The normalized spacial score (nSPS) is 10.8. The monoisotopic (exact) mass is 317 g/mol. The molecule has 0 fully saturated rings. The number of aromatic nitrogens is 3. The quantitative estimate of drug-likeness (QED) is 0.744. The highest BCUT2D eigenvalue weighted by Gasteiger charge is 2.05. The first kappa shape index (κ1) is 12.2. The molecule has 3 rings (SSSR count). The minimum Gasteiger partial charge on any atom is -0.497 e. The summed E-state index contributed by atoms with van der Waals surface area (Å²) >= 11 is 3.43. The van der Waals surface area contributed by atoms with Crippen LogP contribution in [-0.2, 0) is 6.54 Å². The third-order valence-corrected chi connectivity index (χ3v) is 3.46. The average Bonchev–Trinajstić information content (AvgIpc) is 2.82. The maximum Gasteiger partial charge on any atom is 0.118 e. The van der Waals surface area contributed by atoms with Crippen molar-refractivity contribution in [2.24, 2.45) is 0 Å². The molecule has 0 aliphatic carbocycles. The lowest BCUT2D eigenvalue weighted by Crippen LogP contribution is -2.01. The van der Waals surface area contributed by atoms with Gasteiger partial charge in [0.15, 0.2) is 0 Å². The van der Waals surface area contributed by atoms with Crippen molar-refractivity contribution >= 4 is 27.0 Å². The van der Waals surface area contributed by atoms with Crippen molar-refractivity contribution in [3.8, 4) is 5.75 Å². The minimum atomic E-state index is 0.697. The van der Waals surface area contributed by atoms with E-state index >= 15 is 0 Å². The zero-order chi connectivity index (χ0) is 13.2. The lowest BCUT2D eigenvalue weighted by atomic mass is 10.2. The smallest absolute Gasteiger partial charge is 0.118 e. The van der Waals surface area contributed by atoms with E-state index in [1.54, 1.807) is 7.11 Å². The van der Waals surface area contributed by atoms with Gasteiger partial charge in [0.05, 0.1) is 19.2 Å². The molecule has 0 saturated heterocycles. The number of methoxy groups -OCH3 is 1. The summed E-state index contributed by atoms with van der Waals surface area (Å²) in [6, 6.07) is 13.9. The summed E-state index contributed by atoms with van der Waals surface area (Å²) in [6.45, 7) is 0.697. The average molecular weight is 318 g/mol. The second-order valence-electron chi connectivity index (χ2n) is 4.23. The summed E-state index contributed by atoms with van der Waals surface area (Å²) < 4.78 is 8.05. The van der Waals surface area contributed by atoms with Crippen LogP contribution in [0.3, 0.4) is 0 Å². The molecular formula is C14H12BrN3O. The summed E-state index contributed by atoms with van der Waals surface area (Å²) in [5.41, 5.74) is 3.08. The van der Waals surface area contributed by atoms with Crippen molar-refractivity contribution in [2.75, 3.05) is 7.11 Å². The molecule has 96 valence electrons. The maximum atomic E-state index is 5.15. The van der Waals surface area contributed by atoms with E-state index in [9.17, 15) is 0 Å². The van der Waals surface area contributed by atoms with Crippen LogP contribution in [0.2, 0.25) is 0 Å². The Morgan fingerprint density at radius 1 is 1.16 bits per heavy atom. The Morgan fingerprint density at radius 2 is 1.95 bits per heavy atom. The van der Waals surface area contributed by atoms with Crippen molar-refractivity contribution in [3.63, 3.8) is 0 Å². The van der Waals surface area contributed by atoms with Gasteiger partial charge in [0.2, 0.25) is 0 Å². The summed E-state index contributed by atoms with van der Waals surface area (Å²) in [6.07, 6.45) is 0. The molecule has 0 spiro atoms. The zero-order valence-electron chi connectivity index (χ0n) is 10.4. The van der Waals surface area contributed by atoms with Crippen molar-refractivity contribution < 1.29 is 4.74 Å². The fourth-order valence-electron chi connectivity index (χ4n) is 1.97. The van der Waals surface area contributed by atoms with Crippen LogP contribution in [0.1, 0.15) is 5.56 Å². The summed E-state index contributed by atoms with van der Waals surface area (Å²) in [5, 5.41) is 8.36. The maximum absolute atomic E-state index is 5.15. The summed E-state index contributed by atoms with van der Waals surface area (Å²) in [7, 11) is 1.66. The Balaban J connectivity index is 1.92. The van der Waals surface area contributed by atoms with Crippen LogP contribution in [0.4, 0.5) is 0 Å². The van der Waals surface area contributed by atoms with E-state index < -0.39 is 0 Å². The van der Waals surface area contributed by atoms with E-state index in [-0.39, 0.29) is 0 Å². The van der Waals surface area contributed by atoms with Crippen LogP contribution in [0.5, 0.6) is 5.75 Å². The molecule has 0 saturated carbocycles. The Hall–Kier alpha value is -1.88. The molecular weight excluding hydrogens is 306 g/mol. The van der Waals surface area contributed by atoms with Gasteiger partial charge in [-0.3, -0.25) is 0 Å². The van der Waals surface area contributed by atoms with Crippen LogP contribution in [0.25, 0.3) is 11.0 Å². The van der Waals surface area contributed by atoms with E-state index in [2.05, 4.69) is 26.2 Å². The number of fused-ring (bicyclic) bond motifs is 1. The lowest BCUT2D eigenvalue weighted by molar-refractivity contribution is 0.414. The molecule has 0 N–H and O–H groups in total. The highest BCUT2D eigenvalue weighted by Crippen LogP contribution is 2.19. The summed E-state index contributed by atoms with van der Waals surface area (Å²) in [5.74, 6) is 0.858. The van der Waals surface area contributed by atoms with E-state index in [1.807, 2.05) is 47.1 Å². The number of halogens is 1. The molecule has 2 aromatic carbocycles. The fraction of sp³-hybridized carbons (Fsp3) is 0.143. The van der Waals surface area contributed by atoms with Gasteiger partial charge in [-0.25, -0.2) is 4.68 Å².